The van der Waals surface area contributed by atoms with E-state index in [2.05, 4.69) is 0 Å². The second-order valence-corrected chi connectivity index (χ2v) is 9.04. The summed E-state index contributed by atoms with van der Waals surface area (Å²) in [5, 5.41) is -0.930. The van der Waals surface area contributed by atoms with Crippen LogP contribution >= 0.6 is 92.8 Å². The zero-order valence-corrected chi connectivity index (χ0v) is 15.0. The van der Waals surface area contributed by atoms with Crippen molar-refractivity contribution in [2.24, 2.45) is 16.7 Å². The minimum absolute atomic E-state index is 0.105. The molecule has 2 aliphatic rings. The van der Waals surface area contributed by atoms with Gasteiger partial charge in [0.05, 0.1) is 16.2 Å². The summed E-state index contributed by atoms with van der Waals surface area (Å²) in [5.74, 6) is 0.321. The van der Waals surface area contributed by atoms with Crippen LogP contribution in [0.15, 0.2) is 0 Å². The van der Waals surface area contributed by atoms with E-state index in [-0.39, 0.29) is 23.1 Å². The van der Waals surface area contributed by atoms with Gasteiger partial charge in [-0.05, 0) is 12.3 Å². The maximum Gasteiger partial charge on any atom is 0.128 e. The van der Waals surface area contributed by atoms with E-state index in [1.54, 1.807) is 0 Å². The highest BCUT2D eigenvalue weighted by atomic mass is 35.5. The maximum absolute atomic E-state index is 6.45. The molecular weight excluding hydrogens is 404 g/mol. The molecule has 2 bridgehead atoms. The number of hydrogen-bond acceptors (Lipinski definition) is 0. The molecule has 0 aromatic rings. The van der Waals surface area contributed by atoms with Crippen LogP contribution < -0.4 is 0 Å². The average Bonchev–Trinajstić information content (AvgIpc) is 2.61. The maximum atomic E-state index is 6.45. The topological polar surface area (TPSA) is 0 Å². The smallest absolute Gasteiger partial charge is 0.126 e. The molecule has 18 heavy (non-hydrogen) atoms. The van der Waals surface area contributed by atoms with E-state index in [9.17, 15) is 0 Å². The van der Waals surface area contributed by atoms with Crippen molar-refractivity contribution in [2.45, 2.75) is 26.3 Å². The van der Waals surface area contributed by atoms with Crippen LogP contribution in [-0.4, -0.2) is 31.7 Å². The lowest BCUT2D eigenvalue weighted by Gasteiger charge is -2.49. The Morgan fingerprint density at radius 1 is 1.06 bits per heavy atom. The number of fused-ring (bicyclic) bond motifs is 2. The fourth-order valence-electron chi connectivity index (χ4n) is 3.61. The second kappa shape index (κ2) is 5.20. The lowest BCUT2D eigenvalue weighted by Crippen LogP contribution is -2.56. The SMILES string of the molecule is ClCC1(CCl)[C@@H]2CC(Cl)(Cl)C1(C(Cl)Cl)[C@H](Cl)[C@H]2Cl. The molecule has 4 atom stereocenters. The number of rotatable bonds is 3. The largest absolute Gasteiger partial charge is 0.128 e. The molecule has 0 aromatic carbocycles. The summed E-state index contributed by atoms with van der Waals surface area (Å²) >= 11 is 50.4. The minimum atomic E-state index is -1.19. The van der Waals surface area contributed by atoms with Crippen LogP contribution in [0.3, 0.4) is 0 Å². The van der Waals surface area contributed by atoms with Gasteiger partial charge in [-0.15, -0.1) is 92.8 Å². The van der Waals surface area contributed by atoms with Crippen LogP contribution in [0, 0.1) is 16.7 Å². The third-order valence-corrected chi connectivity index (χ3v) is 8.41. The molecule has 2 aliphatic carbocycles. The third-order valence-electron chi connectivity index (χ3n) is 4.54. The monoisotopic (exact) mass is 410 g/mol. The molecule has 0 saturated heterocycles. The highest BCUT2D eigenvalue weighted by Gasteiger charge is 2.82. The van der Waals surface area contributed by atoms with Gasteiger partial charge in [-0.1, -0.05) is 0 Å². The summed E-state index contributed by atoms with van der Waals surface area (Å²) in [6.45, 7) is 0. The van der Waals surface area contributed by atoms with E-state index < -0.39 is 25.4 Å². The van der Waals surface area contributed by atoms with Crippen LogP contribution in [-0.2, 0) is 0 Å². The molecule has 0 heterocycles. The first kappa shape index (κ1) is 16.7. The summed E-state index contributed by atoms with van der Waals surface area (Å²) in [6.07, 6.45) is 0.433. The summed E-state index contributed by atoms with van der Waals surface area (Å²) in [6, 6.07) is 0. The van der Waals surface area contributed by atoms with E-state index in [0.717, 1.165) is 0 Å². The highest BCUT2D eigenvalue weighted by molar-refractivity contribution is 6.54. The standard InChI is InChI=1S/C10H10Cl8/c11-2-8(3-12)4-1-9(17,18)10(8,7(15)16)6(14)5(4)13/h4-7H,1-3H2/t4-,5+,6-,10?/m1/s1. The molecule has 0 amide bonds. The average molecular weight is 414 g/mol. The molecule has 0 N–H and O–H groups in total. The van der Waals surface area contributed by atoms with E-state index in [1.165, 1.54) is 0 Å². The molecule has 2 fully saturated rings. The molecule has 0 aromatic heterocycles. The van der Waals surface area contributed by atoms with Gasteiger partial charge < -0.3 is 0 Å². The molecular formula is C10H10Cl8. The van der Waals surface area contributed by atoms with Gasteiger partial charge in [0, 0.05) is 17.2 Å². The van der Waals surface area contributed by atoms with Gasteiger partial charge in [0.15, 0.2) is 0 Å². The molecule has 2 saturated carbocycles. The Kier molecular flexibility index (Phi) is 4.82. The first-order valence-electron chi connectivity index (χ1n) is 5.29. The Hall–Kier alpha value is 2.32. The Bertz CT molecular complexity index is 339. The molecule has 2 rings (SSSR count). The van der Waals surface area contributed by atoms with Gasteiger partial charge in [-0.3, -0.25) is 0 Å². The van der Waals surface area contributed by atoms with Crippen molar-refractivity contribution >= 4 is 92.8 Å². The molecule has 0 aliphatic heterocycles. The van der Waals surface area contributed by atoms with Crippen LogP contribution in [0.5, 0.6) is 0 Å². The number of halogens is 8. The summed E-state index contributed by atoms with van der Waals surface area (Å²) in [7, 11) is 0. The molecule has 8 heteroatoms. The van der Waals surface area contributed by atoms with Crippen LogP contribution in [0.4, 0.5) is 0 Å². The van der Waals surface area contributed by atoms with Crippen molar-refractivity contribution in [3.05, 3.63) is 0 Å². The van der Waals surface area contributed by atoms with Gasteiger partial charge in [-0.25, -0.2) is 0 Å². The van der Waals surface area contributed by atoms with Crippen molar-refractivity contribution in [3.8, 4) is 0 Å². The second-order valence-electron chi connectivity index (χ2n) is 4.95. The fourth-order valence-corrected chi connectivity index (χ4v) is 8.68. The predicted molar refractivity (Wildman–Crippen MR) is 83.6 cm³/mol. The summed E-state index contributed by atoms with van der Waals surface area (Å²) in [5.41, 5.74) is -1.68. The van der Waals surface area contributed by atoms with E-state index in [0.29, 0.717) is 6.42 Å². The first-order chi connectivity index (χ1) is 8.23. The van der Waals surface area contributed by atoms with Crippen molar-refractivity contribution in [2.75, 3.05) is 11.8 Å². The van der Waals surface area contributed by atoms with Crippen molar-refractivity contribution in [1.82, 2.24) is 0 Å². The fraction of sp³-hybridized carbons (Fsp3) is 1.00. The Balaban J connectivity index is 2.69. The van der Waals surface area contributed by atoms with E-state index in [1.807, 2.05) is 0 Å². The van der Waals surface area contributed by atoms with E-state index in [4.69, 9.17) is 92.8 Å². The normalized spacial score (nSPS) is 44.8. The molecule has 0 radical (unpaired) electrons. The quantitative estimate of drug-likeness (QED) is 0.523. The zero-order valence-electron chi connectivity index (χ0n) is 8.95. The van der Waals surface area contributed by atoms with Gasteiger partial charge in [0.25, 0.3) is 0 Å². The minimum Gasteiger partial charge on any atom is -0.126 e. The summed E-state index contributed by atoms with van der Waals surface area (Å²) < 4.78 is -1.19. The molecule has 0 spiro atoms. The van der Waals surface area contributed by atoms with Gasteiger partial charge in [-0.2, -0.15) is 0 Å². The third kappa shape index (κ3) is 1.67. The van der Waals surface area contributed by atoms with Crippen molar-refractivity contribution < 1.29 is 0 Å². The molecule has 106 valence electrons. The van der Waals surface area contributed by atoms with Gasteiger partial charge in [0.1, 0.15) is 9.17 Å². The Morgan fingerprint density at radius 2 is 1.56 bits per heavy atom. The molecule has 0 nitrogen and oxygen atoms in total. The van der Waals surface area contributed by atoms with Gasteiger partial charge >= 0.3 is 0 Å². The lowest BCUT2D eigenvalue weighted by molar-refractivity contribution is 0.148. The lowest BCUT2D eigenvalue weighted by atomic mass is 9.69. The Morgan fingerprint density at radius 3 is 1.89 bits per heavy atom. The Labute approximate surface area is 146 Å². The van der Waals surface area contributed by atoms with Crippen LogP contribution in [0.25, 0.3) is 0 Å². The van der Waals surface area contributed by atoms with Crippen molar-refractivity contribution in [3.63, 3.8) is 0 Å². The number of alkyl halides is 8. The highest BCUT2D eigenvalue weighted by Crippen LogP contribution is 2.78. The van der Waals surface area contributed by atoms with Crippen molar-refractivity contribution in [1.29, 1.82) is 0 Å². The zero-order chi connectivity index (χ0) is 13.9. The summed E-state index contributed by atoms with van der Waals surface area (Å²) in [4.78, 5) is -0.902. The molecule has 1 unspecified atom stereocenters. The van der Waals surface area contributed by atoms with Crippen LogP contribution in [0.2, 0.25) is 0 Å². The van der Waals surface area contributed by atoms with Gasteiger partial charge in [0.2, 0.25) is 0 Å². The predicted octanol–water partition coefficient (Wildman–Crippen LogP) is 5.66. The van der Waals surface area contributed by atoms with E-state index >= 15 is 0 Å². The first-order valence-corrected chi connectivity index (χ1v) is 8.86. The number of hydrogen-bond donors (Lipinski definition) is 0. The van der Waals surface area contributed by atoms with Crippen LogP contribution in [0.1, 0.15) is 6.42 Å².